The highest BCUT2D eigenvalue weighted by Crippen LogP contribution is 2.33. The first-order valence-corrected chi connectivity index (χ1v) is 12.3. The van der Waals surface area contributed by atoms with Crippen molar-refractivity contribution in [2.45, 2.75) is 32.7 Å². The number of rotatable bonds is 8. The van der Waals surface area contributed by atoms with Gasteiger partial charge in [-0.25, -0.2) is 14.4 Å². The minimum atomic E-state index is -0.659. The van der Waals surface area contributed by atoms with Crippen molar-refractivity contribution in [1.82, 2.24) is 20.6 Å². The lowest BCUT2D eigenvalue weighted by Crippen LogP contribution is -2.41. The molecule has 1 aromatic heterocycles. The number of halogens is 2. The lowest BCUT2D eigenvalue weighted by Gasteiger charge is -2.31. The van der Waals surface area contributed by atoms with Crippen LogP contribution in [0.1, 0.15) is 35.3 Å². The van der Waals surface area contributed by atoms with Crippen LogP contribution in [-0.2, 0) is 12.8 Å². The van der Waals surface area contributed by atoms with E-state index in [1.165, 1.54) is 20.2 Å². The molecule has 2 heterocycles. The Labute approximate surface area is 220 Å². The van der Waals surface area contributed by atoms with Crippen molar-refractivity contribution in [3.63, 3.8) is 0 Å². The molecule has 1 aliphatic heterocycles. The number of aromatic nitrogens is 2. The number of allylic oxidation sites excluding steroid dienone is 1. The molecule has 0 saturated heterocycles. The number of hydrogen-bond acceptors (Lipinski definition) is 7. The molecule has 1 atom stereocenters. The van der Waals surface area contributed by atoms with E-state index >= 15 is 4.39 Å². The standard InChI is InChI=1S/C27H30ClFN6O2/c1-16-14-35(15-17(2)33-16)20-8-6-19(7-9-20)34-27-31-12-18(13-32-27)5-10-21-24(28)23(37-4)11-22(25(21)29)26(36)30-3/h6-9,11-14,17,33H,5,10,15H2,1-4H3,(H,30,36)(H,31,32,34)/t17-/m0/s1. The van der Waals surface area contributed by atoms with E-state index in [4.69, 9.17) is 16.3 Å². The number of amides is 1. The summed E-state index contributed by atoms with van der Waals surface area (Å²) in [5.41, 5.74) is 4.02. The van der Waals surface area contributed by atoms with Gasteiger partial charge in [0.25, 0.3) is 5.91 Å². The van der Waals surface area contributed by atoms with Crippen LogP contribution in [0.5, 0.6) is 5.75 Å². The maximum Gasteiger partial charge on any atom is 0.254 e. The second-order valence-corrected chi connectivity index (χ2v) is 9.29. The molecule has 1 amide bonds. The molecule has 0 fully saturated rings. The first-order chi connectivity index (χ1) is 17.8. The van der Waals surface area contributed by atoms with Crippen LogP contribution in [0.4, 0.5) is 21.7 Å². The number of methoxy groups -OCH3 is 1. The molecular weight excluding hydrogens is 495 g/mol. The Bertz CT molecular complexity index is 1300. The minimum Gasteiger partial charge on any atom is -0.495 e. The summed E-state index contributed by atoms with van der Waals surface area (Å²) in [4.78, 5) is 23.1. The van der Waals surface area contributed by atoms with Crippen molar-refractivity contribution in [3.8, 4) is 5.75 Å². The summed E-state index contributed by atoms with van der Waals surface area (Å²) in [7, 11) is 2.86. The average molecular weight is 525 g/mol. The van der Waals surface area contributed by atoms with E-state index in [-0.39, 0.29) is 28.3 Å². The normalized spacial score (nSPS) is 15.0. The van der Waals surface area contributed by atoms with Crippen molar-refractivity contribution in [2.24, 2.45) is 0 Å². The number of ether oxygens (including phenoxy) is 1. The molecule has 37 heavy (non-hydrogen) atoms. The minimum absolute atomic E-state index is 0.113. The van der Waals surface area contributed by atoms with Crippen LogP contribution in [0, 0.1) is 5.82 Å². The number of benzene rings is 2. The lowest BCUT2D eigenvalue weighted by atomic mass is 10.0. The van der Waals surface area contributed by atoms with Crippen molar-refractivity contribution < 1.29 is 13.9 Å². The van der Waals surface area contributed by atoms with E-state index in [1.807, 2.05) is 12.1 Å². The summed E-state index contributed by atoms with van der Waals surface area (Å²) >= 11 is 6.34. The predicted octanol–water partition coefficient (Wildman–Crippen LogP) is 4.83. The van der Waals surface area contributed by atoms with Gasteiger partial charge in [0, 0.05) is 60.9 Å². The first kappa shape index (κ1) is 26.2. The van der Waals surface area contributed by atoms with Gasteiger partial charge in [-0.3, -0.25) is 4.79 Å². The molecule has 1 aliphatic rings. The number of carbonyl (C=O) groups excluding carboxylic acids is 1. The van der Waals surface area contributed by atoms with E-state index in [0.717, 1.165) is 29.2 Å². The van der Waals surface area contributed by atoms with Crippen LogP contribution in [0.3, 0.4) is 0 Å². The van der Waals surface area contributed by atoms with Gasteiger partial charge in [-0.2, -0.15) is 0 Å². The second kappa shape index (κ2) is 11.5. The average Bonchev–Trinajstić information content (AvgIpc) is 2.89. The molecule has 0 saturated carbocycles. The quantitative estimate of drug-likeness (QED) is 0.389. The van der Waals surface area contributed by atoms with Gasteiger partial charge in [0.2, 0.25) is 5.95 Å². The van der Waals surface area contributed by atoms with Crippen LogP contribution < -0.4 is 25.6 Å². The molecule has 0 unspecified atom stereocenters. The summed E-state index contributed by atoms with van der Waals surface area (Å²) in [5.74, 6) is -0.505. The zero-order valence-electron chi connectivity index (χ0n) is 21.2. The third kappa shape index (κ3) is 6.11. The van der Waals surface area contributed by atoms with Gasteiger partial charge in [0.1, 0.15) is 11.6 Å². The maximum atomic E-state index is 15.0. The highest BCUT2D eigenvalue weighted by atomic mass is 35.5. The second-order valence-electron chi connectivity index (χ2n) is 8.91. The Morgan fingerprint density at radius 3 is 2.57 bits per heavy atom. The van der Waals surface area contributed by atoms with Gasteiger partial charge in [0.15, 0.2) is 0 Å². The molecule has 194 valence electrons. The highest BCUT2D eigenvalue weighted by Gasteiger charge is 2.21. The SMILES string of the molecule is CNC(=O)c1cc(OC)c(Cl)c(CCc2cnc(Nc3ccc(N4C=C(C)N[C@@H](C)C4)cc3)nc2)c1F. The monoisotopic (exact) mass is 524 g/mol. The Morgan fingerprint density at radius 2 is 1.95 bits per heavy atom. The summed E-state index contributed by atoms with van der Waals surface area (Å²) < 4.78 is 20.3. The Balaban J connectivity index is 1.41. The van der Waals surface area contributed by atoms with Crippen LogP contribution in [0.25, 0.3) is 0 Å². The highest BCUT2D eigenvalue weighted by molar-refractivity contribution is 6.33. The molecular formula is C27H30ClFN6O2. The summed E-state index contributed by atoms with van der Waals surface area (Å²) in [6, 6.07) is 9.76. The van der Waals surface area contributed by atoms with E-state index in [0.29, 0.717) is 18.4 Å². The van der Waals surface area contributed by atoms with Crippen LogP contribution in [-0.4, -0.2) is 42.6 Å². The Kier molecular flexibility index (Phi) is 8.13. The number of carbonyl (C=O) groups is 1. The zero-order valence-corrected chi connectivity index (χ0v) is 22.0. The topological polar surface area (TPSA) is 91.4 Å². The Morgan fingerprint density at radius 1 is 1.24 bits per heavy atom. The molecule has 0 spiro atoms. The summed E-state index contributed by atoms with van der Waals surface area (Å²) in [6.07, 6.45) is 6.16. The number of hydrogen-bond donors (Lipinski definition) is 3. The largest absolute Gasteiger partial charge is 0.495 e. The number of nitrogens with one attached hydrogen (secondary N) is 3. The van der Waals surface area contributed by atoms with Crippen molar-refractivity contribution in [3.05, 3.63) is 82.2 Å². The first-order valence-electron chi connectivity index (χ1n) is 12.0. The van der Waals surface area contributed by atoms with Gasteiger partial charge >= 0.3 is 0 Å². The van der Waals surface area contributed by atoms with E-state index < -0.39 is 11.7 Å². The number of nitrogens with zero attached hydrogens (tertiary/aromatic N) is 3. The summed E-state index contributed by atoms with van der Waals surface area (Å²) in [6.45, 7) is 5.11. The zero-order chi connectivity index (χ0) is 26.5. The summed E-state index contributed by atoms with van der Waals surface area (Å²) in [5, 5.41) is 9.19. The van der Waals surface area contributed by atoms with Crippen LogP contribution in [0.2, 0.25) is 5.02 Å². The van der Waals surface area contributed by atoms with Gasteiger partial charge in [0.05, 0.1) is 17.7 Å². The third-order valence-corrected chi connectivity index (χ3v) is 6.48. The van der Waals surface area contributed by atoms with Crippen molar-refractivity contribution in [1.29, 1.82) is 0 Å². The van der Waals surface area contributed by atoms with Gasteiger partial charge in [-0.15, -0.1) is 0 Å². The van der Waals surface area contributed by atoms with Crippen LogP contribution in [0.15, 0.2) is 54.6 Å². The smallest absolute Gasteiger partial charge is 0.254 e. The molecule has 2 aromatic carbocycles. The van der Waals surface area contributed by atoms with E-state index in [2.05, 4.69) is 63.0 Å². The fourth-order valence-electron chi connectivity index (χ4n) is 4.25. The number of anilines is 3. The van der Waals surface area contributed by atoms with Gasteiger partial charge in [-0.1, -0.05) is 11.6 Å². The molecule has 0 bridgehead atoms. The molecule has 3 aromatic rings. The fourth-order valence-corrected chi connectivity index (χ4v) is 4.56. The molecule has 4 rings (SSSR count). The molecule has 0 radical (unpaired) electrons. The number of aryl methyl sites for hydroxylation is 1. The molecule has 0 aliphatic carbocycles. The van der Waals surface area contributed by atoms with Crippen LogP contribution >= 0.6 is 11.6 Å². The maximum absolute atomic E-state index is 15.0. The van der Waals surface area contributed by atoms with E-state index in [1.54, 1.807) is 12.4 Å². The molecule has 3 N–H and O–H groups in total. The third-order valence-electron chi connectivity index (χ3n) is 6.07. The molecule has 8 nitrogen and oxygen atoms in total. The lowest BCUT2D eigenvalue weighted by molar-refractivity contribution is 0.0958. The van der Waals surface area contributed by atoms with Gasteiger partial charge in [-0.05, 0) is 62.6 Å². The van der Waals surface area contributed by atoms with E-state index in [9.17, 15) is 4.79 Å². The predicted molar refractivity (Wildman–Crippen MR) is 144 cm³/mol. The Hall–Kier alpha value is -3.85. The van der Waals surface area contributed by atoms with Gasteiger partial charge < -0.3 is 25.6 Å². The van der Waals surface area contributed by atoms with Crippen molar-refractivity contribution >= 4 is 34.8 Å². The van der Waals surface area contributed by atoms with Crippen molar-refractivity contribution in [2.75, 3.05) is 30.9 Å². The fraction of sp³-hybridized carbons (Fsp3) is 0.296. The molecule has 10 heteroatoms.